The summed E-state index contributed by atoms with van der Waals surface area (Å²) in [4.78, 5) is 49.3. The van der Waals surface area contributed by atoms with Crippen LogP contribution in [0.4, 0.5) is 0 Å². The number of nitrogens with one attached hydrogen (secondary N) is 1. The van der Waals surface area contributed by atoms with Crippen LogP contribution in [-0.4, -0.2) is 57.5 Å². The van der Waals surface area contributed by atoms with Crippen LogP contribution in [0.5, 0.6) is 5.75 Å². The van der Waals surface area contributed by atoms with E-state index in [0.29, 0.717) is 22.1 Å². The Kier molecular flexibility index (Phi) is 7.29. The van der Waals surface area contributed by atoms with E-state index in [9.17, 15) is 24.3 Å². The van der Waals surface area contributed by atoms with Crippen LogP contribution in [0.2, 0.25) is 10.0 Å². The Morgan fingerprint density at radius 1 is 1.23 bits per heavy atom. The van der Waals surface area contributed by atoms with Gasteiger partial charge in [-0.3, -0.25) is 19.3 Å². The van der Waals surface area contributed by atoms with E-state index in [1.807, 2.05) is 0 Å². The zero-order valence-corrected chi connectivity index (χ0v) is 20.4. The molecule has 2 aliphatic heterocycles. The number of β-lactam (4-membered cyclic amide) rings is 1. The van der Waals surface area contributed by atoms with Crippen LogP contribution in [0, 0.1) is 0 Å². The lowest BCUT2D eigenvalue weighted by molar-refractivity contribution is -0.149. The number of fused-ring (bicyclic) bond motifs is 1. The summed E-state index contributed by atoms with van der Waals surface area (Å²) in [5.74, 6) is -2.22. The number of carbonyl (C=O) groups excluding carboxylic acids is 3. The van der Waals surface area contributed by atoms with Crippen molar-refractivity contribution in [3.8, 4) is 5.75 Å². The van der Waals surface area contributed by atoms with Crippen molar-refractivity contribution in [2.75, 3.05) is 12.4 Å². The molecule has 2 N–H and O–H groups in total. The third-order valence-electron chi connectivity index (χ3n) is 5.16. The van der Waals surface area contributed by atoms with Gasteiger partial charge in [0.1, 0.15) is 46.9 Å². The topological polar surface area (TPSA) is 135 Å². The Morgan fingerprint density at radius 3 is 2.71 bits per heavy atom. The molecule has 184 valence electrons. The molecule has 1 aromatic heterocycles. The molecule has 2 aliphatic rings. The number of nitrogens with zero attached hydrogens (tertiary/aromatic N) is 1. The summed E-state index contributed by atoms with van der Waals surface area (Å²) < 4.78 is 16.0. The van der Waals surface area contributed by atoms with Crippen molar-refractivity contribution in [2.45, 2.75) is 24.9 Å². The first-order chi connectivity index (χ1) is 16.7. The minimum Gasteiger partial charge on any atom is -0.484 e. The van der Waals surface area contributed by atoms with Gasteiger partial charge in [-0.1, -0.05) is 29.3 Å². The van der Waals surface area contributed by atoms with Gasteiger partial charge < -0.3 is 24.3 Å². The van der Waals surface area contributed by atoms with E-state index in [1.165, 1.54) is 24.8 Å². The van der Waals surface area contributed by atoms with Gasteiger partial charge in [-0.2, -0.15) is 0 Å². The third-order valence-corrected chi connectivity index (χ3v) is 7.30. The predicted octanol–water partition coefficient (Wildman–Crippen LogP) is 3.08. The van der Waals surface area contributed by atoms with E-state index in [2.05, 4.69) is 5.32 Å². The number of thioether (sulfide) groups is 1. The van der Waals surface area contributed by atoms with E-state index in [1.54, 1.807) is 24.3 Å². The third kappa shape index (κ3) is 5.12. The summed E-state index contributed by atoms with van der Waals surface area (Å²) in [6, 6.07) is 6.98. The average molecular weight is 541 g/mol. The fourth-order valence-corrected chi connectivity index (χ4v) is 5.19. The van der Waals surface area contributed by atoms with Crippen molar-refractivity contribution < 1.29 is 38.2 Å². The molecule has 35 heavy (non-hydrogen) atoms. The molecule has 0 spiro atoms. The average Bonchev–Trinajstić information content (AvgIpc) is 3.30. The van der Waals surface area contributed by atoms with Crippen molar-refractivity contribution in [3.05, 3.63) is 63.2 Å². The SMILES string of the molecule is CC(=O)OCC1=C(C(=O)O)N2C(=O)C(NC(=O)c3ccc(COc4cccc(Cl)c4Cl)o3)C2SC1. The van der Waals surface area contributed by atoms with Crippen LogP contribution in [-0.2, 0) is 25.7 Å². The summed E-state index contributed by atoms with van der Waals surface area (Å²) >= 11 is 13.3. The molecule has 2 aromatic rings. The highest BCUT2D eigenvalue weighted by atomic mass is 35.5. The number of hydrogen-bond donors (Lipinski definition) is 2. The minimum absolute atomic E-state index is 0.0141. The van der Waals surface area contributed by atoms with E-state index < -0.39 is 35.2 Å². The zero-order chi connectivity index (χ0) is 25.3. The maximum absolute atomic E-state index is 12.7. The predicted molar refractivity (Wildman–Crippen MR) is 125 cm³/mol. The summed E-state index contributed by atoms with van der Waals surface area (Å²) in [5, 5.41) is 12.2. The number of furan rings is 1. The molecule has 0 aliphatic carbocycles. The lowest BCUT2D eigenvalue weighted by atomic mass is 10.0. The molecule has 13 heteroatoms. The Hall–Kier alpha value is -3.15. The molecule has 3 heterocycles. The molecule has 0 saturated carbocycles. The minimum atomic E-state index is -1.31. The number of esters is 1. The lowest BCUT2D eigenvalue weighted by Gasteiger charge is -2.49. The van der Waals surface area contributed by atoms with Crippen molar-refractivity contribution in [1.29, 1.82) is 0 Å². The maximum Gasteiger partial charge on any atom is 0.352 e. The molecule has 1 fully saturated rings. The fraction of sp³-hybridized carbons (Fsp3) is 0.273. The molecule has 0 radical (unpaired) electrons. The molecule has 4 rings (SSSR count). The Labute approximate surface area is 213 Å². The number of carbonyl (C=O) groups is 4. The van der Waals surface area contributed by atoms with E-state index in [4.69, 9.17) is 37.1 Å². The van der Waals surface area contributed by atoms with Gasteiger partial charge in [0.05, 0.1) is 5.02 Å². The number of amides is 2. The van der Waals surface area contributed by atoms with Gasteiger partial charge in [0.2, 0.25) is 0 Å². The Bertz CT molecular complexity index is 1240. The lowest BCUT2D eigenvalue weighted by Crippen LogP contribution is -2.70. The maximum atomic E-state index is 12.7. The largest absolute Gasteiger partial charge is 0.484 e. The molecule has 2 atom stereocenters. The quantitative estimate of drug-likeness (QED) is 0.382. The first-order valence-corrected chi connectivity index (χ1v) is 12.0. The molecular formula is C22H18Cl2N2O8S. The fourth-order valence-electron chi connectivity index (χ4n) is 3.52. The first-order valence-electron chi connectivity index (χ1n) is 10.2. The van der Waals surface area contributed by atoms with Gasteiger partial charge in [0.15, 0.2) is 5.76 Å². The standard InChI is InChI=1S/C22H18Cl2N2O8S/c1-10(27)32-7-11-9-35-21-17(20(29)26(21)18(11)22(30)31)25-19(28)15-6-5-12(34-15)8-33-14-4-2-3-13(23)16(14)24/h2-6,17,21H,7-9H2,1H3,(H,25,28)(H,30,31). The van der Waals surface area contributed by atoms with Crippen LogP contribution >= 0.6 is 35.0 Å². The van der Waals surface area contributed by atoms with Gasteiger partial charge in [-0.15, -0.1) is 11.8 Å². The van der Waals surface area contributed by atoms with Gasteiger partial charge in [0, 0.05) is 18.2 Å². The summed E-state index contributed by atoms with van der Waals surface area (Å²) in [7, 11) is 0. The van der Waals surface area contributed by atoms with Crippen LogP contribution in [0.1, 0.15) is 23.2 Å². The number of halogens is 2. The molecule has 2 unspecified atom stereocenters. The molecule has 10 nitrogen and oxygen atoms in total. The van der Waals surface area contributed by atoms with Crippen LogP contribution < -0.4 is 10.1 Å². The highest BCUT2D eigenvalue weighted by Gasteiger charge is 2.54. The molecule has 1 aromatic carbocycles. The smallest absolute Gasteiger partial charge is 0.352 e. The highest BCUT2D eigenvalue weighted by Crippen LogP contribution is 2.40. The van der Waals surface area contributed by atoms with E-state index in [-0.39, 0.29) is 35.4 Å². The number of hydrogen-bond acceptors (Lipinski definition) is 8. The number of rotatable bonds is 8. The first kappa shape index (κ1) is 25.0. The number of carboxylic acids is 1. The summed E-state index contributed by atoms with van der Waals surface area (Å²) in [6.07, 6.45) is 0. The van der Waals surface area contributed by atoms with E-state index >= 15 is 0 Å². The number of carboxylic acid groups (broad SMARTS) is 1. The molecule has 1 saturated heterocycles. The molecular weight excluding hydrogens is 523 g/mol. The van der Waals surface area contributed by atoms with Crippen molar-refractivity contribution >= 4 is 58.7 Å². The number of benzene rings is 1. The van der Waals surface area contributed by atoms with Crippen LogP contribution in [0.3, 0.4) is 0 Å². The second kappa shape index (κ2) is 10.2. The van der Waals surface area contributed by atoms with Gasteiger partial charge >= 0.3 is 11.9 Å². The monoisotopic (exact) mass is 540 g/mol. The molecule has 0 bridgehead atoms. The van der Waals surface area contributed by atoms with Gasteiger partial charge in [-0.25, -0.2) is 4.79 Å². The van der Waals surface area contributed by atoms with E-state index in [0.717, 1.165) is 4.90 Å². The summed E-state index contributed by atoms with van der Waals surface area (Å²) in [5.41, 5.74) is 0.0742. The Balaban J connectivity index is 1.39. The number of ether oxygens (including phenoxy) is 2. The number of aliphatic carboxylic acids is 1. The van der Waals surface area contributed by atoms with Gasteiger partial charge in [-0.05, 0) is 24.3 Å². The second-order valence-electron chi connectivity index (χ2n) is 7.51. The molecule has 2 amide bonds. The normalized spacial score (nSPS) is 19.1. The van der Waals surface area contributed by atoms with Crippen LogP contribution in [0.15, 0.2) is 46.0 Å². The van der Waals surface area contributed by atoms with Crippen molar-refractivity contribution in [2.24, 2.45) is 0 Å². The Morgan fingerprint density at radius 2 is 2.00 bits per heavy atom. The second-order valence-corrected chi connectivity index (χ2v) is 9.40. The van der Waals surface area contributed by atoms with Crippen LogP contribution in [0.25, 0.3) is 0 Å². The van der Waals surface area contributed by atoms with Gasteiger partial charge in [0.25, 0.3) is 11.8 Å². The van der Waals surface area contributed by atoms with Crippen molar-refractivity contribution in [3.63, 3.8) is 0 Å². The zero-order valence-electron chi connectivity index (χ0n) is 18.1. The highest BCUT2D eigenvalue weighted by molar-refractivity contribution is 8.00. The van der Waals surface area contributed by atoms with Crippen molar-refractivity contribution in [1.82, 2.24) is 10.2 Å². The summed E-state index contributed by atoms with van der Waals surface area (Å²) in [6.45, 7) is 0.966.